The van der Waals surface area contributed by atoms with Crippen molar-refractivity contribution in [1.82, 2.24) is 0 Å². The second-order valence-corrected chi connectivity index (χ2v) is 5.76. The van der Waals surface area contributed by atoms with Crippen LogP contribution in [0.25, 0.3) is 0 Å². The van der Waals surface area contributed by atoms with Gasteiger partial charge in [0.15, 0.2) is 18.3 Å². The highest BCUT2D eigenvalue weighted by molar-refractivity contribution is 5.68. The van der Waals surface area contributed by atoms with Crippen molar-refractivity contribution >= 4 is 23.9 Å². The zero-order valence-electron chi connectivity index (χ0n) is 15.3. The maximum Gasteiger partial charge on any atom is 0.303 e. The standard InChI is InChI=1S/C17H24O9/c1-6-7-13-15(23-10(3)19)17(25-12(5)21)16(24-11(4)20)14(26-13)8-22-9(2)18/h6,13-17H,1,7-8H2,2-5H3/t13-,14+,15-,16-,17+/m0/s1. The van der Waals surface area contributed by atoms with Crippen LogP contribution >= 0.6 is 0 Å². The molecule has 1 aliphatic rings. The second kappa shape index (κ2) is 9.91. The summed E-state index contributed by atoms with van der Waals surface area (Å²) in [5.74, 6) is -2.49. The first-order chi connectivity index (χ1) is 12.1. The van der Waals surface area contributed by atoms with Crippen molar-refractivity contribution in [3.63, 3.8) is 0 Å². The van der Waals surface area contributed by atoms with Crippen molar-refractivity contribution in [1.29, 1.82) is 0 Å². The van der Waals surface area contributed by atoms with E-state index in [1.165, 1.54) is 27.7 Å². The second-order valence-electron chi connectivity index (χ2n) is 5.76. The third-order valence-corrected chi connectivity index (χ3v) is 3.49. The molecule has 0 spiro atoms. The molecular weight excluding hydrogens is 348 g/mol. The van der Waals surface area contributed by atoms with E-state index < -0.39 is 54.4 Å². The molecule has 0 aromatic carbocycles. The molecular formula is C17H24O9. The molecule has 0 unspecified atom stereocenters. The predicted octanol–water partition coefficient (Wildman–Crippen LogP) is 0.688. The minimum absolute atomic E-state index is 0.231. The summed E-state index contributed by atoms with van der Waals surface area (Å²) in [5, 5.41) is 0. The monoisotopic (exact) mass is 372 g/mol. The van der Waals surface area contributed by atoms with E-state index in [4.69, 9.17) is 23.7 Å². The Kier molecular flexibility index (Phi) is 8.24. The van der Waals surface area contributed by atoms with E-state index in [1.807, 2.05) is 0 Å². The Morgan fingerprint density at radius 1 is 0.808 bits per heavy atom. The summed E-state index contributed by atoms with van der Waals surface area (Å²) < 4.78 is 26.6. The van der Waals surface area contributed by atoms with E-state index in [9.17, 15) is 19.2 Å². The maximum absolute atomic E-state index is 11.6. The van der Waals surface area contributed by atoms with Crippen LogP contribution in [-0.2, 0) is 42.9 Å². The SMILES string of the molecule is C=CC[C@@H]1O[C@H](COC(C)=O)[C@H](OC(C)=O)[C@H](OC(C)=O)[C@H]1OC(C)=O. The van der Waals surface area contributed by atoms with Gasteiger partial charge in [0.2, 0.25) is 0 Å². The largest absolute Gasteiger partial charge is 0.463 e. The molecule has 1 aliphatic heterocycles. The highest BCUT2D eigenvalue weighted by Gasteiger charge is 2.51. The molecule has 0 N–H and O–H groups in total. The third kappa shape index (κ3) is 6.47. The summed E-state index contributed by atoms with van der Waals surface area (Å²) in [4.78, 5) is 45.7. The van der Waals surface area contributed by atoms with Gasteiger partial charge < -0.3 is 23.7 Å². The fraction of sp³-hybridized carbons (Fsp3) is 0.647. The van der Waals surface area contributed by atoms with E-state index in [0.29, 0.717) is 0 Å². The molecule has 9 nitrogen and oxygen atoms in total. The molecule has 1 heterocycles. The molecule has 146 valence electrons. The summed E-state index contributed by atoms with van der Waals surface area (Å²) >= 11 is 0. The van der Waals surface area contributed by atoms with Crippen LogP contribution in [0.2, 0.25) is 0 Å². The van der Waals surface area contributed by atoms with Crippen molar-refractivity contribution in [2.24, 2.45) is 0 Å². The van der Waals surface area contributed by atoms with Gasteiger partial charge in [0.25, 0.3) is 0 Å². The summed E-state index contributed by atoms with van der Waals surface area (Å²) in [6, 6.07) is 0. The minimum atomic E-state index is -1.13. The molecule has 1 saturated heterocycles. The van der Waals surface area contributed by atoms with Gasteiger partial charge in [-0.1, -0.05) is 6.08 Å². The van der Waals surface area contributed by atoms with Gasteiger partial charge in [-0.15, -0.1) is 6.58 Å². The molecule has 0 amide bonds. The Bertz CT molecular complexity index is 556. The van der Waals surface area contributed by atoms with E-state index in [-0.39, 0.29) is 13.0 Å². The average Bonchev–Trinajstić information content (AvgIpc) is 2.50. The van der Waals surface area contributed by atoms with E-state index in [1.54, 1.807) is 6.08 Å². The number of hydrogen-bond acceptors (Lipinski definition) is 9. The smallest absolute Gasteiger partial charge is 0.303 e. The normalized spacial score (nSPS) is 27.8. The molecule has 1 rings (SSSR count). The number of carbonyl (C=O) groups is 4. The molecule has 0 bridgehead atoms. The molecule has 0 saturated carbocycles. The van der Waals surface area contributed by atoms with E-state index >= 15 is 0 Å². The molecule has 0 aromatic rings. The quantitative estimate of drug-likeness (QED) is 0.361. The minimum Gasteiger partial charge on any atom is -0.463 e. The van der Waals surface area contributed by atoms with Crippen molar-refractivity contribution in [3.05, 3.63) is 12.7 Å². The first kappa shape index (κ1) is 21.6. The lowest BCUT2D eigenvalue weighted by molar-refractivity contribution is -0.251. The van der Waals surface area contributed by atoms with Crippen LogP contribution in [-0.4, -0.2) is 61.0 Å². The Morgan fingerprint density at radius 2 is 1.27 bits per heavy atom. The third-order valence-electron chi connectivity index (χ3n) is 3.49. The van der Waals surface area contributed by atoms with Gasteiger partial charge in [-0.2, -0.15) is 0 Å². The van der Waals surface area contributed by atoms with Gasteiger partial charge in [0.1, 0.15) is 18.8 Å². The Balaban J connectivity index is 3.24. The lowest BCUT2D eigenvalue weighted by Gasteiger charge is -2.44. The average molecular weight is 372 g/mol. The molecule has 9 heteroatoms. The molecule has 0 aliphatic carbocycles. The summed E-state index contributed by atoms with van der Waals surface area (Å²) in [5.41, 5.74) is 0. The van der Waals surface area contributed by atoms with Gasteiger partial charge in [0, 0.05) is 27.7 Å². The molecule has 1 fully saturated rings. The first-order valence-electron chi connectivity index (χ1n) is 8.07. The summed E-state index contributed by atoms with van der Waals surface area (Å²) in [6.07, 6.45) is -3.11. The lowest BCUT2D eigenvalue weighted by atomic mass is 9.92. The topological polar surface area (TPSA) is 114 Å². The number of ether oxygens (including phenoxy) is 5. The summed E-state index contributed by atoms with van der Waals surface area (Å²) in [7, 11) is 0. The van der Waals surface area contributed by atoms with Crippen LogP contribution in [0, 0.1) is 0 Å². The molecule has 26 heavy (non-hydrogen) atoms. The zero-order valence-corrected chi connectivity index (χ0v) is 15.3. The number of rotatable bonds is 7. The molecule has 0 radical (unpaired) electrons. The molecule has 5 atom stereocenters. The fourth-order valence-corrected chi connectivity index (χ4v) is 2.67. The number of hydrogen-bond donors (Lipinski definition) is 0. The van der Waals surface area contributed by atoms with Gasteiger partial charge in [-0.3, -0.25) is 19.2 Å². The van der Waals surface area contributed by atoms with Crippen LogP contribution in [0.15, 0.2) is 12.7 Å². The van der Waals surface area contributed by atoms with Gasteiger partial charge in [0.05, 0.1) is 0 Å². The first-order valence-corrected chi connectivity index (χ1v) is 8.07. The Morgan fingerprint density at radius 3 is 1.69 bits per heavy atom. The van der Waals surface area contributed by atoms with Crippen LogP contribution in [0.3, 0.4) is 0 Å². The van der Waals surface area contributed by atoms with Crippen molar-refractivity contribution < 1.29 is 42.9 Å². The van der Waals surface area contributed by atoms with Crippen LogP contribution in [0.4, 0.5) is 0 Å². The highest BCUT2D eigenvalue weighted by atomic mass is 16.7. The van der Waals surface area contributed by atoms with Crippen molar-refractivity contribution in [2.45, 2.75) is 64.6 Å². The number of carbonyl (C=O) groups excluding carboxylic acids is 4. The maximum atomic E-state index is 11.6. The highest BCUT2D eigenvalue weighted by Crippen LogP contribution is 2.30. The number of esters is 4. The van der Waals surface area contributed by atoms with Crippen LogP contribution in [0.5, 0.6) is 0 Å². The van der Waals surface area contributed by atoms with Crippen LogP contribution < -0.4 is 0 Å². The van der Waals surface area contributed by atoms with Gasteiger partial charge >= 0.3 is 23.9 Å². The van der Waals surface area contributed by atoms with Gasteiger partial charge in [-0.25, -0.2) is 0 Å². The Hall–Kier alpha value is -2.42. The molecule has 0 aromatic heterocycles. The lowest BCUT2D eigenvalue weighted by Crippen LogP contribution is -2.62. The summed E-state index contributed by atoms with van der Waals surface area (Å²) in [6.45, 7) is 8.15. The predicted molar refractivity (Wildman–Crippen MR) is 86.8 cm³/mol. The van der Waals surface area contributed by atoms with Crippen LogP contribution in [0.1, 0.15) is 34.1 Å². The van der Waals surface area contributed by atoms with Crippen molar-refractivity contribution in [3.8, 4) is 0 Å². The van der Waals surface area contributed by atoms with E-state index in [0.717, 1.165) is 0 Å². The van der Waals surface area contributed by atoms with E-state index in [2.05, 4.69) is 6.58 Å². The van der Waals surface area contributed by atoms with Gasteiger partial charge in [-0.05, 0) is 6.42 Å². The Labute approximate surface area is 151 Å². The fourth-order valence-electron chi connectivity index (χ4n) is 2.67. The van der Waals surface area contributed by atoms with Crippen molar-refractivity contribution in [2.75, 3.05) is 6.61 Å². The zero-order chi connectivity index (χ0) is 19.9.